The zero-order chi connectivity index (χ0) is 6.57. The molecule has 0 atom stereocenters. The van der Waals surface area contributed by atoms with E-state index in [1.807, 2.05) is 0 Å². The molecule has 2 N–H and O–H groups in total. The first-order chi connectivity index (χ1) is 3.63. The molecule has 0 aromatic rings. The fourth-order valence-corrected chi connectivity index (χ4v) is 0.214. The molecule has 51 valence electrons. The van der Waals surface area contributed by atoms with Crippen LogP contribution in [0.1, 0.15) is 12.8 Å². The standard InChI is InChI=1S/C4H6O4.Nb/c5-3(6)1-2-4(7)8;/h1-2H2,(H,5,6)(H,7,8);. The Morgan fingerprint density at radius 1 is 1.00 bits per heavy atom. The minimum Gasteiger partial charge on any atom is -0.481 e. The van der Waals surface area contributed by atoms with Gasteiger partial charge in [-0.05, 0) is 0 Å². The molecule has 0 bridgehead atoms. The molecule has 0 aromatic heterocycles. The van der Waals surface area contributed by atoms with Crippen molar-refractivity contribution in [2.75, 3.05) is 0 Å². The van der Waals surface area contributed by atoms with Crippen molar-refractivity contribution in [3.05, 3.63) is 0 Å². The summed E-state index contributed by atoms with van der Waals surface area (Å²) in [6, 6.07) is 0. The summed E-state index contributed by atoms with van der Waals surface area (Å²) >= 11 is 0. The zero-order valence-electron chi connectivity index (χ0n) is 4.57. The van der Waals surface area contributed by atoms with Gasteiger partial charge in [0.15, 0.2) is 0 Å². The molecule has 1 radical (unpaired) electrons. The number of hydrogen-bond donors (Lipinski definition) is 2. The molecule has 0 amide bonds. The third-order valence-electron chi connectivity index (χ3n) is 0.553. The van der Waals surface area contributed by atoms with Gasteiger partial charge in [-0.3, -0.25) is 9.59 Å². The van der Waals surface area contributed by atoms with Crippen LogP contribution in [0, 0.1) is 0 Å². The van der Waals surface area contributed by atoms with Crippen LogP contribution in [0.15, 0.2) is 0 Å². The van der Waals surface area contributed by atoms with E-state index in [0.717, 1.165) is 0 Å². The smallest absolute Gasteiger partial charge is 0.303 e. The first-order valence-electron chi connectivity index (χ1n) is 2.06. The van der Waals surface area contributed by atoms with Gasteiger partial charge in [-0.1, -0.05) is 0 Å². The SMILES string of the molecule is O=C(O)CCC(=O)O.[Nb]. The fourth-order valence-electron chi connectivity index (χ4n) is 0.214. The number of rotatable bonds is 3. The molecule has 0 saturated heterocycles. The molecular formula is C4H6NbO4. The summed E-state index contributed by atoms with van der Waals surface area (Å²) < 4.78 is 0. The minimum absolute atomic E-state index is 0. The van der Waals surface area contributed by atoms with E-state index >= 15 is 0 Å². The van der Waals surface area contributed by atoms with Crippen LogP contribution in [0.5, 0.6) is 0 Å². The Kier molecular flexibility index (Phi) is 7.41. The first-order valence-corrected chi connectivity index (χ1v) is 2.06. The van der Waals surface area contributed by atoms with E-state index in [2.05, 4.69) is 0 Å². The normalized spacial score (nSPS) is 7.56. The van der Waals surface area contributed by atoms with E-state index in [9.17, 15) is 9.59 Å². The second-order valence-corrected chi connectivity index (χ2v) is 1.29. The van der Waals surface area contributed by atoms with E-state index in [0.29, 0.717) is 0 Å². The van der Waals surface area contributed by atoms with Crippen LogP contribution < -0.4 is 0 Å². The number of carbonyl (C=O) groups is 2. The molecule has 0 fully saturated rings. The predicted molar refractivity (Wildman–Crippen MR) is 24.5 cm³/mol. The van der Waals surface area contributed by atoms with Gasteiger partial charge in [0.25, 0.3) is 0 Å². The van der Waals surface area contributed by atoms with Crippen LogP contribution in [0.25, 0.3) is 0 Å². The summed E-state index contributed by atoms with van der Waals surface area (Å²) in [5.41, 5.74) is 0. The Bertz CT molecular complexity index is 97.1. The van der Waals surface area contributed by atoms with Crippen molar-refractivity contribution in [1.29, 1.82) is 0 Å². The second-order valence-electron chi connectivity index (χ2n) is 1.29. The van der Waals surface area contributed by atoms with Gasteiger partial charge >= 0.3 is 11.9 Å². The zero-order valence-corrected chi connectivity index (χ0v) is 6.77. The molecule has 0 aliphatic rings. The number of aliphatic carboxylic acids is 2. The largest absolute Gasteiger partial charge is 0.481 e. The summed E-state index contributed by atoms with van der Waals surface area (Å²) in [5.74, 6) is -2.15. The van der Waals surface area contributed by atoms with Crippen LogP contribution >= 0.6 is 0 Å². The number of carboxylic acid groups (broad SMARTS) is 2. The Hall–Kier alpha value is -0.320. The number of carboxylic acids is 2. The second kappa shape index (κ2) is 5.81. The monoisotopic (exact) mass is 211 g/mol. The van der Waals surface area contributed by atoms with Crippen molar-refractivity contribution >= 4 is 11.9 Å². The first kappa shape index (κ1) is 11.5. The number of hydrogen-bond acceptors (Lipinski definition) is 2. The van der Waals surface area contributed by atoms with Crippen molar-refractivity contribution in [1.82, 2.24) is 0 Å². The fraction of sp³-hybridized carbons (Fsp3) is 0.500. The molecule has 0 heterocycles. The molecule has 5 heteroatoms. The summed E-state index contributed by atoms with van der Waals surface area (Å²) in [5, 5.41) is 15.8. The molecule has 0 unspecified atom stereocenters. The third kappa shape index (κ3) is 11.3. The predicted octanol–water partition coefficient (Wildman–Crippen LogP) is -0.0667. The average Bonchev–Trinajstić information content (AvgIpc) is 1.61. The van der Waals surface area contributed by atoms with E-state index < -0.39 is 11.9 Å². The summed E-state index contributed by atoms with van der Waals surface area (Å²) in [6.45, 7) is 0. The van der Waals surface area contributed by atoms with E-state index in [1.54, 1.807) is 0 Å². The van der Waals surface area contributed by atoms with Crippen LogP contribution in [-0.4, -0.2) is 22.2 Å². The van der Waals surface area contributed by atoms with Crippen molar-refractivity contribution in [3.8, 4) is 0 Å². The van der Waals surface area contributed by atoms with Crippen LogP contribution in [-0.2, 0) is 32.0 Å². The molecule has 0 saturated carbocycles. The van der Waals surface area contributed by atoms with Crippen molar-refractivity contribution in [2.24, 2.45) is 0 Å². The topological polar surface area (TPSA) is 74.6 Å². The van der Waals surface area contributed by atoms with E-state index in [1.165, 1.54) is 0 Å². The van der Waals surface area contributed by atoms with Crippen molar-refractivity contribution < 1.29 is 42.2 Å². The molecule has 0 aliphatic heterocycles. The summed E-state index contributed by atoms with van der Waals surface area (Å²) in [7, 11) is 0. The van der Waals surface area contributed by atoms with E-state index in [-0.39, 0.29) is 35.2 Å². The Morgan fingerprint density at radius 2 is 1.22 bits per heavy atom. The Labute approximate surface area is 67.4 Å². The van der Waals surface area contributed by atoms with Gasteiger partial charge in [0.05, 0.1) is 12.8 Å². The van der Waals surface area contributed by atoms with Gasteiger partial charge in [0.2, 0.25) is 0 Å². The van der Waals surface area contributed by atoms with Gasteiger partial charge in [0.1, 0.15) is 0 Å². The Morgan fingerprint density at radius 3 is 1.33 bits per heavy atom. The molecule has 4 nitrogen and oxygen atoms in total. The molecule has 0 aromatic carbocycles. The maximum atomic E-state index is 9.64. The van der Waals surface area contributed by atoms with Crippen molar-refractivity contribution in [2.45, 2.75) is 12.8 Å². The quantitative estimate of drug-likeness (QED) is 0.641. The maximum absolute atomic E-state index is 9.64. The Balaban J connectivity index is 0. The van der Waals surface area contributed by atoms with Gasteiger partial charge in [-0.15, -0.1) is 0 Å². The molecular weight excluding hydrogens is 205 g/mol. The molecule has 0 spiro atoms. The minimum atomic E-state index is -1.08. The van der Waals surface area contributed by atoms with Crippen molar-refractivity contribution in [3.63, 3.8) is 0 Å². The van der Waals surface area contributed by atoms with Crippen LogP contribution in [0.3, 0.4) is 0 Å². The van der Waals surface area contributed by atoms with Gasteiger partial charge < -0.3 is 10.2 Å². The molecule has 9 heavy (non-hydrogen) atoms. The van der Waals surface area contributed by atoms with Crippen LogP contribution in [0.4, 0.5) is 0 Å². The molecule has 0 aliphatic carbocycles. The average molecular weight is 211 g/mol. The van der Waals surface area contributed by atoms with Gasteiger partial charge in [-0.2, -0.15) is 0 Å². The van der Waals surface area contributed by atoms with Crippen LogP contribution in [0.2, 0.25) is 0 Å². The maximum Gasteiger partial charge on any atom is 0.303 e. The van der Waals surface area contributed by atoms with Gasteiger partial charge in [-0.25, -0.2) is 0 Å². The summed E-state index contributed by atoms with van der Waals surface area (Å²) in [4.78, 5) is 19.3. The molecule has 0 rings (SSSR count). The summed E-state index contributed by atoms with van der Waals surface area (Å²) in [6.07, 6.45) is -0.593. The van der Waals surface area contributed by atoms with E-state index in [4.69, 9.17) is 10.2 Å². The van der Waals surface area contributed by atoms with Gasteiger partial charge in [0, 0.05) is 22.4 Å². The third-order valence-corrected chi connectivity index (χ3v) is 0.553.